The van der Waals surface area contributed by atoms with E-state index in [1.54, 1.807) is 0 Å². The van der Waals surface area contributed by atoms with Crippen LogP contribution in [0.15, 0.2) is 35.6 Å². The highest BCUT2D eigenvalue weighted by molar-refractivity contribution is 6.48. The van der Waals surface area contributed by atoms with Crippen molar-refractivity contribution in [1.82, 2.24) is 9.88 Å². The molecule has 1 aromatic heterocycles. The van der Waals surface area contributed by atoms with Gasteiger partial charge in [-0.05, 0) is 42.7 Å². The highest BCUT2D eigenvalue weighted by Crippen LogP contribution is 2.47. The number of pyridine rings is 1. The number of nitrogens with zero attached hydrogens (tertiary/aromatic N) is 3. The second-order valence-electron chi connectivity index (χ2n) is 8.69. The number of hydrogen-bond acceptors (Lipinski definition) is 4. The van der Waals surface area contributed by atoms with E-state index in [0.29, 0.717) is 0 Å². The van der Waals surface area contributed by atoms with Gasteiger partial charge in [-0.2, -0.15) is 13.2 Å². The molecule has 2 unspecified atom stereocenters. The SMILES string of the molecule is O=C(C1CC1)N1CC(F)(c2ccc(C3=NOC(c4cc(Cl)c(Cl)c(Cl)c4)C3C(F)(F)F)cn2)C1. The Morgan fingerprint density at radius 1 is 1.12 bits per heavy atom. The van der Waals surface area contributed by atoms with E-state index < -0.39 is 29.6 Å². The van der Waals surface area contributed by atoms with E-state index in [4.69, 9.17) is 39.6 Å². The summed E-state index contributed by atoms with van der Waals surface area (Å²) in [5.41, 5.74) is -2.09. The molecule has 0 radical (unpaired) electrons. The first kappa shape index (κ1) is 23.6. The maximum Gasteiger partial charge on any atom is 0.401 e. The van der Waals surface area contributed by atoms with Crippen molar-refractivity contribution >= 4 is 46.4 Å². The Morgan fingerprint density at radius 2 is 1.76 bits per heavy atom. The van der Waals surface area contributed by atoms with Gasteiger partial charge in [0.2, 0.25) is 5.91 Å². The van der Waals surface area contributed by atoms with Gasteiger partial charge in [-0.15, -0.1) is 0 Å². The minimum Gasteiger partial charge on any atom is -0.386 e. The van der Waals surface area contributed by atoms with Crippen LogP contribution >= 0.6 is 34.8 Å². The largest absolute Gasteiger partial charge is 0.401 e. The van der Waals surface area contributed by atoms with Crippen molar-refractivity contribution < 1.29 is 27.2 Å². The van der Waals surface area contributed by atoms with Crippen molar-refractivity contribution in [1.29, 1.82) is 0 Å². The first-order chi connectivity index (χ1) is 16.0. The third kappa shape index (κ3) is 4.12. The van der Waals surface area contributed by atoms with Gasteiger partial charge in [0.25, 0.3) is 0 Å². The molecule has 2 aromatic rings. The van der Waals surface area contributed by atoms with E-state index in [-0.39, 0.29) is 56.8 Å². The molecule has 1 aliphatic carbocycles. The zero-order valence-electron chi connectivity index (χ0n) is 17.3. The summed E-state index contributed by atoms with van der Waals surface area (Å²) in [6, 6.07) is 5.13. The Kier molecular flexibility index (Phi) is 5.73. The lowest BCUT2D eigenvalue weighted by molar-refractivity contribution is -0.177. The van der Waals surface area contributed by atoms with Gasteiger partial charge in [0.1, 0.15) is 11.6 Å². The zero-order chi connectivity index (χ0) is 24.4. The summed E-state index contributed by atoms with van der Waals surface area (Å²) in [6.07, 6.45) is -3.49. The number of carbonyl (C=O) groups is 1. The predicted octanol–water partition coefficient (Wildman–Crippen LogP) is 6.11. The Balaban J connectivity index is 1.37. The average molecular weight is 537 g/mol. The Hall–Kier alpha value is -2.10. The molecule has 0 N–H and O–H groups in total. The van der Waals surface area contributed by atoms with Crippen LogP contribution in [0, 0.1) is 11.8 Å². The van der Waals surface area contributed by atoms with E-state index in [0.717, 1.165) is 19.0 Å². The number of oxime groups is 1. The summed E-state index contributed by atoms with van der Waals surface area (Å²) in [5, 5.41) is 3.65. The fraction of sp³-hybridized carbons (Fsp3) is 0.409. The van der Waals surface area contributed by atoms with E-state index in [1.165, 1.54) is 29.2 Å². The van der Waals surface area contributed by atoms with Crippen LogP contribution in [0.2, 0.25) is 15.1 Å². The molecule has 2 fully saturated rings. The lowest BCUT2D eigenvalue weighted by atomic mass is 9.87. The quantitative estimate of drug-likeness (QED) is 0.350. The first-order valence-electron chi connectivity index (χ1n) is 10.4. The summed E-state index contributed by atoms with van der Waals surface area (Å²) in [7, 11) is 0. The molecule has 12 heteroatoms. The Bertz CT molecular complexity index is 1160. The molecule has 3 aliphatic rings. The van der Waals surface area contributed by atoms with Gasteiger partial charge in [-0.1, -0.05) is 40.0 Å². The molecule has 3 heterocycles. The number of rotatable bonds is 4. The number of likely N-dealkylation sites (tertiary alicyclic amines) is 1. The van der Waals surface area contributed by atoms with Crippen LogP contribution in [-0.2, 0) is 15.3 Å². The van der Waals surface area contributed by atoms with Crippen molar-refractivity contribution in [2.24, 2.45) is 17.0 Å². The van der Waals surface area contributed by atoms with E-state index >= 15 is 4.39 Å². The van der Waals surface area contributed by atoms with E-state index in [2.05, 4.69) is 10.1 Å². The van der Waals surface area contributed by atoms with Crippen molar-refractivity contribution in [3.05, 3.63) is 62.4 Å². The van der Waals surface area contributed by atoms with Gasteiger partial charge < -0.3 is 9.74 Å². The second-order valence-corrected chi connectivity index (χ2v) is 9.88. The molecule has 2 atom stereocenters. The van der Waals surface area contributed by atoms with Crippen LogP contribution in [0.25, 0.3) is 0 Å². The second kappa shape index (κ2) is 8.24. The molecular weight excluding hydrogens is 521 g/mol. The van der Waals surface area contributed by atoms with Gasteiger partial charge in [-0.25, -0.2) is 4.39 Å². The van der Waals surface area contributed by atoms with Gasteiger partial charge in [0.15, 0.2) is 11.8 Å². The minimum atomic E-state index is -4.73. The monoisotopic (exact) mass is 535 g/mol. The summed E-state index contributed by atoms with van der Waals surface area (Å²) in [5.74, 6) is -2.22. The number of amides is 1. The van der Waals surface area contributed by atoms with E-state index in [9.17, 15) is 18.0 Å². The van der Waals surface area contributed by atoms with Crippen LogP contribution in [0.5, 0.6) is 0 Å². The highest BCUT2D eigenvalue weighted by Gasteiger charge is 2.54. The van der Waals surface area contributed by atoms with Gasteiger partial charge in [0.05, 0.1) is 33.9 Å². The third-order valence-corrected chi connectivity index (χ3v) is 7.39. The number of hydrogen-bond donors (Lipinski definition) is 0. The molecule has 1 amide bonds. The number of aromatic nitrogens is 1. The first-order valence-corrected chi connectivity index (χ1v) is 11.5. The molecule has 1 saturated carbocycles. The number of benzene rings is 1. The van der Waals surface area contributed by atoms with Crippen LogP contribution in [0.4, 0.5) is 17.6 Å². The van der Waals surface area contributed by atoms with Crippen molar-refractivity contribution in [2.75, 3.05) is 13.1 Å². The smallest absolute Gasteiger partial charge is 0.386 e. The molecule has 5 rings (SSSR count). The van der Waals surface area contributed by atoms with Crippen molar-refractivity contribution in [3.8, 4) is 0 Å². The zero-order valence-corrected chi connectivity index (χ0v) is 19.5. The maximum absolute atomic E-state index is 15.2. The lowest BCUT2D eigenvalue weighted by Crippen LogP contribution is -2.59. The summed E-state index contributed by atoms with van der Waals surface area (Å²) in [4.78, 5) is 22.7. The standard InChI is InChI=1S/C22H16Cl3F4N3O2/c23-13-5-12(6-14(24)17(13)25)19-16(22(27,28)29)18(31-34-19)11-3-4-15(30-7-11)21(26)8-32(9-21)20(33)10-1-2-10/h3-7,10,16,19H,1-2,8-9H2. The molecular formula is C22H16Cl3F4N3O2. The highest BCUT2D eigenvalue weighted by atomic mass is 35.5. The van der Waals surface area contributed by atoms with Crippen molar-refractivity contribution in [3.63, 3.8) is 0 Å². The molecule has 5 nitrogen and oxygen atoms in total. The average Bonchev–Trinajstić information content (AvgIpc) is 3.51. The molecule has 1 aromatic carbocycles. The van der Waals surface area contributed by atoms with Crippen LogP contribution in [-0.4, -0.2) is 40.8 Å². The number of carbonyl (C=O) groups excluding carboxylic acids is 1. The predicted molar refractivity (Wildman–Crippen MR) is 118 cm³/mol. The molecule has 1 saturated heterocycles. The number of halogens is 7. The minimum absolute atomic E-state index is 0.0158. The normalized spacial score (nSPS) is 23.9. The lowest BCUT2D eigenvalue weighted by Gasteiger charge is -2.44. The van der Waals surface area contributed by atoms with E-state index in [1.807, 2.05) is 0 Å². The van der Waals surface area contributed by atoms with Crippen LogP contribution < -0.4 is 0 Å². The molecule has 2 aliphatic heterocycles. The number of alkyl halides is 4. The Labute approximate surface area is 206 Å². The molecule has 0 spiro atoms. The van der Waals surface area contributed by atoms with Gasteiger partial charge >= 0.3 is 6.18 Å². The van der Waals surface area contributed by atoms with Gasteiger partial charge in [-0.3, -0.25) is 9.78 Å². The summed E-state index contributed by atoms with van der Waals surface area (Å²) < 4.78 is 57.4. The molecule has 180 valence electrons. The van der Waals surface area contributed by atoms with Crippen molar-refractivity contribution in [2.45, 2.75) is 30.8 Å². The Morgan fingerprint density at radius 3 is 2.29 bits per heavy atom. The van der Waals surface area contributed by atoms with Gasteiger partial charge in [0, 0.05) is 17.7 Å². The third-order valence-electron chi connectivity index (χ3n) is 6.19. The topological polar surface area (TPSA) is 54.8 Å². The maximum atomic E-state index is 15.2. The summed E-state index contributed by atoms with van der Waals surface area (Å²) in [6.45, 7) is -0.242. The van der Waals surface area contributed by atoms with Crippen LogP contribution in [0.3, 0.4) is 0 Å². The summed E-state index contributed by atoms with van der Waals surface area (Å²) >= 11 is 17.9. The fourth-order valence-corrected chi connectivity index (χ4v) is 4.81. The molecule has 34 heavy (non-hydrogen) atoms. The molecule has 0 bridgehead atoms. The van der Waals surface area contributed by atoms with Crippen LogP contribution in [0.1, 0.15) is 35.8 Å². The fourth-order valence-electron chi connectivity index (χ4n) is 4.20.